The lowest BCUT2D eigenvalue weighted by atomic mass is 10.0. The number of furan rings is 1. The maximum Gasteiger partial charge on any atom is 0.228 e. The molecule has 0 fully saturated rings. The summed E-state index contributed by atoms with van der Waals surface area (Å²) in [5, 5.41) is 12.0. The summed E-state index contributed by atoms with van der Waals surface area (Å²) in [6.07, 6.45) is 0.641. The number of hydrogen-bond acceptors (Lipinski definition) is 4. The van der Waals surface area contributed by atoms with Gasteiger partial charge in [0.15, 0.2) is 5.76 Å². The number of nitrogens with one attached hydrogen (secondary N) is 1. The first kappa shape index (κ1) is 21.2. The van der Waals surface area contributed by atoms with E-state index in [1.807, 2.05) is 60.7 Å². The number of aromatic hydroxyl groups is 1. The second-order valence-electron chi connectivity index (χ2n) is 8.45. The van der Waals surface area contributed by atoms with Crippen LogP contribution >= 0.6 is 11.6 Å². The molecule has 0 spiro atoms. The van der Waals surface area contributed by atoms with E-state index in [4.69, 9.17) is 16.0 Å². The molecule has 0 unspecified atom stereocenters. The smallest absolute Gasteiger partial charge is 0.228 e. The lowest BCUT2D eigenvalue weighted by molar-refractivity contribution is 0.101. The fourth-order valence-corrected chi connectivity index (χ4v) is 4.45. The molecule has 2 aromatic heterocycles. The van der Waals surface area contributed by atoms with Crippen molar-refractivity contribution in [3.63, 3.8) is 0 Å². The lowest BCUT2D eigenvalue weighted by Crippen LogP contribution is -1.98. The van der Waals surface area contributed by atoms with Gasteiger partial charge in [0.1, 0.15) is 17.2 Å². The Morgan fingerprint density at radius 2 is 1.71 bits per heavy atom. The van der Waals surface area contributed by atoms with E-state index in [9.17, 15) is 9.90 Å². The number of hydrogen-bond donors (Lipinski definition) is 2. The van der Waals surface area contributed by atoms with Crippen molar-refractivity contribution < 1.29 is 14.3 Å². The number of nitrogens with zero attached hydrogens (tertiary/aromatic N) is 1. The number of carbonyl (C=O) groups is 1. The molecule has 2 heterocycles. The largest absolute Gasteiger partial charge is 0.507 e. The van der Waals surface area contributed by atoms with Crippen LogP contribution < -0.4 is 0 Å². The van der Waals surface area contributed by atoms with E-state index in [2.05, 4.69) is 9.97 Å². The van der Waals surface area contributed by atoms with Crippen LogP contribution in [0.5, 0.6) is 5.75 Å². The Kier molecular flexibility index (Phi) is 5.12. The lowest BCUT2D eigenvalue weighted by Gasteiger charge is -2.07. The minimum absolute atomic E-state index is 0.140. The minimum atomic E-state index is -0.140. The normalized spacial score (nSPS) is 11.3. The van der Waals surface area contributed by atoms with Crippen LogP contribution in [-0.2, 0) is 6.42 Å². The molecule has 0 saturated heterocycles. The molecule has 0 aliphatic carbocycles. The fourth-order valence-electron chi connectivity index (χ4n) is 4.27. The van der Waals surface area contributed by atoms with E-state index in [0.717, 1.165) is 27.5 Å². The fraction of sp³-hybridized carbons (Fsp3) is 0.0345. The van der Waals surface area contributed by atoms with Crippen molar-refractivity contribution in [3.05, 3.63) is 118 Å². The number of fused-ring (bicyclic) bond motifs is 2. The van der Waals surface area contributed by atoms with E-state index in [1.165, 1.54) is 0 Å². The van der Waals surface area contributed by atoms with Crippen LogP contribution in [-0.4, -0.2) is 20.9 Å². The molecule has 6 rings (SSSR count). The number of aromatic nitrogens is 2. The van der Waals surface area contributed by atoms with Crippen molar-refractivity contribution in [2.45, 2.75) is 6.42 Å². The van der Waals surface area contributed by atoms with Gasteiger partial charge in [-0.3, -0.25) is 4.79 Å². The predicted molar refractivity (Wildman–Crippen MR) is 137 cm³/mol. The molecule has 0 radical (unpaired) electrons. The third kappa shape index (κ3) is 4.07. The van der Waals surface area contributed by atoms with Crippen molar-refractivity contribution >= 4 is 39.4 Å². The van der Waals surface area contributed by atoms with E-state index in [-0.39, 0.29) is 11.5 Å². The second kappa shape index (κ2) is 8.46. The SMILES string of the molecule is O=C(c1ccccc1)c1cc2cc(Cc3ccc(O)c(-c4nc5ccc(Cl)cc5[nH]4)c3)ccc2o1. The van der Waals surface area contributed by atoms with Gasteiger partial charge in [-0.25, -0.2) is 4.98 Å². The molecule has 35 heavy (non-hydrogen) atoms. The monoisotopic (exact) mass is 478 g/mol. The molecule has 0 bridgehead atoms. The van der Waals surface area contributed by atoms with E-state index in [1.54, 1.807) is 30.3 Å². The van der Waals surface area contributed by atoms with Crippen LogP contribution in [0, 0.1) is 0 Å². The van der Waals surface area contributed by atoms with Gasteiger partial charge >= 0.3 is 0 Å². The zero-order valence-corrected chi connectivity index (χ0v) is 19.2. The average Bonchev–Trinajstić information content (AvgIpc) is 3.49. The number of benzene rings is 4. The third-order valence-electron chi connectivity index (χ3n) is 6.01. The number of carbonyl (C=O) groups excluding carboxylic acids is 1. The Labute approximate surface area is 205 Å². The summed E-state index contributed by atoms with van der Waals surface area (Å²) in [5.74, 6) is 0.906. The number of aromatic amines is 1. The van der Waals surface area contributed by atoms with Crippen LogP contribution in [0.15, 0.2) is 95.4 Å². The average molecular weight is 479 g/mol. The molecule has 4 aromatic carbocycles. The Balaban J connectivity index is 1.30. The molecule has 6 aromatic rings. The van der Waals surface area contributed by atoms with Gasteiger partial charge in [-0.2, -0.15) is 0 Å². The third-order valence-corrected chi connectivity index (χ3v) is 6.24. The van der Waals surface area contributed by atoms with Crippen molar-refractivity contribution in [3.8, 4) is 17.1 Å². The summed E-state index contributed by atoms with van der Waals surface area (Å²) in [4.78, 5) is 20.6. The Morgan fingerprint density at radius 3 is 2.57 bits per heavy atom. The van der Waals surface area contributed by atoms with Crippen LogP contribution in [0.3, 0.4) is 0 Å². The van der Waals surface area contributed by atoms with Gasteiger partial charge in [0.05, 0.1) is 16.6 Å². The first-order valence-electron chi connectivity index (χ1n) is 11.1. The summed E-state index contributed by atoms with van der Waals surface area (Å²) >= 11 is 6.09. The highest BCUT2D eigenvalue weighted by Gasteiger charge is 2.15. The topological polar surface area (TPSA) is 79.1 Å². The molecule has 5 nitrogen and oxygen atoms in total. The van der Waals surface area contributed by atoms with Crippen LogP contribution in [0.4, 0.5) is 0 Å². The number of rotatable bonds is 5. The second-order valence-corrected chi connectivity index (χ2v) is 8.89. The maximum absolute atomic E-state index is 12.7. The van der Waals surface area contributed by atoms with Gasteiger partial charge in [-0.1, -0.05) is 54.1 Å². The van der Waals surface area contributed by atoms with E-state index in [0.29, 0.717) is 39.7 Å². The molecule has 0 atom stereocenters. The first-order valence-corrected chi connectivity index (χ1v) is 11.5. The zero-order chi connectivity index (χ0) is 23.9. The van der Waals surface area contributed by atoms with Crippen molar-refractivity contribution in [1.29, 1.82) is 0 Å². The van der Waals surface area contributed by atoms with Gasteiger partial charge in [0.2, 0.25) is 5.78 Å². The Bertz CT molecular complexity index is 1720. The zero-order valence-electron chi connectivity index (χ0n) is 18.5. The van der Waals surface area contributed by atoms with E-state index < -0.39 is 0 Å². The summed E-state index contributed by atoms with van der Waals surface area (Å²) in [6, 6.07) is 27.7. The van der Waals surface area contributed by atoms with E-state index >= 15 is 0 Å². The van der Waals surface area contributed by atoms with Crippen molar-refractivity contribution in [1.82, 2.24) is 9.97 Å². The summed E-state index contributed by atoms with van der Waals surface area (Å²) in [7, 11) is 0. The quantitative estimate of drug-likeness (QED) is 0.258. The number of imidazole rings is 1. The highest BCUT2D eigenvalue weighted by atomic mass is 35.5. The summed E-state index contributed by atoms with van der Waals surface area (Å²) in [5.41, 5.74) is 5.54. The van der Waals surface area contributed by atoms with Crippen LogP contribution in [0.2, 0.25) is 5.02 Å². The van der Waals surface area contributed by atoms with Gasteiger partial charge in [0.25, 0.3) is 0 Å². The molecule has 0 aliphatic heterocycles. The molecular weight excluding hydrogens is 460 g/mol. The number of ketones is 1. The maximum atomic E-state index is 12.7. The van der Waals surface area contributed by atoms with Crippen LogP contribution in [0.25, 0.3) is 33.4 Å². The molecule has 0 saturated carbocycles. The number of H-pyrrole nitrogens is 1. The molecule has 0 aliphatic rings. The summed E-state index contributed by atoms with van der Waals surface area (Å²) in [6.45, 7) is 0. The molecule has 170 valence electrons. The Morgan fingerprint density at radius 1 is 0.914 bits per heavy atom. The molecule has 0 amide bonds. The summed E-state index contributed by atoms with van der Waals surface area (Å²) < 4.78 is 5.81. The van der Waals surface area contributed by atoms with Gasteiger partial charge in [-0.05, 0) is 66.1 Å². The Hall–Kier alpha value is -4.35. The first-order chi connectivity index (χ1) is 17.0. The van der Waals surface area contributed by atoms with Crippen molar-refractivity contribution in [2.75, 3.05) is 0 Å². The standard InChI is InChI=1S/C29H19ClN2O3/c30-21-8-9-23-24(16-21)32-29(31-23)22-14-18(6-10-25(22)33)12-17-7-11-26-20(13-17)15-27(35-26)28(34)19-4-2-1-3-5-19/h1-11,13-16,33H,12H2,(H,31,32). The number of phenols is 1. The molecule has 2 N–H and O–H groups in total. The highest BCUT2D eigenvalue weighted by molar-refractivity contribution is 6.31. The van der Waals surface area contributed by atoms with Gasteiger partial charge in [-0.15, -0.1) is 0 Å². The number of phenolic OH excluding ortho intramolecular Hbond substituents is 1. The van der Waals surface area contributed by atoms with Gasteiger partial charge in [0, 0.05) is 16.0 Å². The highest BCUT2D eigenvalue weighted by Crippen LogP contribution is 2.31. The van der Waals surface area contributed by atoms with Gasteiger partial charge < -0.3 is 14.5 Å². The number of halogens is 1. The van der Waals surface area contributed by atoms with Crippen LogP contribution in [0.1, 0.15) is 27.2 Å². The molecular formula is C29H19ClN2O3. The molecule has 6 heteroatoms. The predicted octanol–water partition coefficient (Wildman–Crippen LogP) is 7.16. The minimum Gasteiger partial charge on any atom is -0.507 e. The van der Waals surface area contributed by atoms with Crippen molar-refractivity contribution in [2.24, 2.45) is 0 Å².